The zero-order chi connectivity index (χ0) is 14.8. The van der Waals surface area contributed by atoms with E-state index >= 15 is 0 Å². The Morgan fingerprint density at radius 1 is 1.00 bits per heavy atom. The van der Waals surface area contributed by atoms with E-state index in [-0.39, 0.29) is 6.04 Å². The summed E-state index contributed by atoms with van der Waals surface area (Å²) in [5, 5.41) is 3.24. The second-order valence-corrected chi connectivity index (χ2v) is 5.89. The number of hydrogen-bond acceptors (Lipinski definition) is 1. The van der Waals surface area contributed by atoms with Gasteiger partial charge in [-0.25, -0.2) is 0 Å². The molecule has 21 heavy (non-hydrogen) atoms. The molecule has 0 radical (unpaired) electrons. The monoisotopic (exact) mass is 295 g/mol. The van der Waals surface area contributed by atoms with Crippen molar-refractivity contribution in [3.05, 3.63) is 82.4 Å². The standard InChI is InChI=1S/C19H18ClN/c1-13-9-10-15-6-2-3-8-17(15)19(13)18(21)12-14-5-4-7-16(20)11-14/h2-11,18H,12,21H2,1H3. The van der Waals surface area contributed by atoms with Gasteiger partial charge in [-0.1, -0.05) is 60.1 Å². The summed E-state index contributed by atoms with van der Waals surface area (Å²) in [6.45, 7) is 2.12. The predicted octanol–water partition coefficient (Wildman–Crippen LogP) is 5.04. The minimum Gasteiger partial charge on any atom is -0.324 e. The molecule has 3 aromatic carbocycles. The summed E-state index contributed by atoms with van der Waals surface area (Å²) in [5.41, 5.74) is 10.1. The average Bonchev–Trinajstić information content (AvgIpc) is 2.47. The summed E-state index contributed by atoms with van der Waals surface area (Å²) < 4.78 is 0. The molecule has 0 aliphatic carbocycles. The van der Waals surface area contributed by atoms with Crippen LogP contribution in [0, 0.1) is 6.92 Å². The SMILES string of the molecule is Cc1ccc2ccccc2c1C(N)Cc1cccc(Cl)c1. The number of nitrogens with two attached hydrogens (primary N) is 1. The third kappa shape index (κ3) is 2.94. The van der Waals surface area contributed by atoms with Gasteiger partial charge in [-0.15, -0.1) is 0 Å². The van der Waals surface area contributed by atoms with E-state index in [0.29, 0.717) is 0 Å². The Morgan fingerprint density at radius 2 is 1.81 bits per heavy atom. The van der Waals surface area contributed by atoms with Crippen LogP contribution in [0.15, 0.2) is 60.7 Å². The summed E-state index contributed by atoms with van der Waals surface area (Å²) in [4.78, 5) is 0. The van der Waals surface area contributed by atoms with Crippen LogP contribution in [0.3, 0.4) is 0 Å². The zero-order valence-corrected chi connectivity index (χ0v) is 12.8. The first-order valence-electron chi connectivity index (χ1n) is 7.13. The highest BCUT2D eigenvalue weighted by atomic mass is 35.5. The van der Waals surface area contributed by atoms with E-state index in [1.807, 2.05) is 18.2 Å². The van der Waals surface area contributed by atoms with Crippen LogP contribution in [0.1, 0.15) is 22.7 Å². The van der Waals surface area contributed by atoms with E-state index in [1.54, 1.807) is 0 Å². The molecule has 106 valence electrons. The fourth-order valence-electron chi connectivity index (χ4n) is 2.92. The third-order valence-corrected chi connectivity index (χ3v) is 4.14. The minimum absolute atomic E-state index is 0.0328. The lowest BCUT2D eigenvalue weighted by molar-refractivity contribution is 0.723. The molecule has 2 N–H and O–H groups in total. The van der Waals surface area contributed by atoms with E-state index in [2.05, 4.69) is 49.4 Å². The number of aryl methyl sites for hydroxylation is 1. The maximum atomic E-state index is 6.50. The molecule has 0 saturated carbocycles. The number of benzene rings is 3. The van der Waals surface area contributed by atoms with Gasteiger partial charge in [-0.3, -0.25) is 0 Å². The maximum absolute atomic E-state index is 6.50. The van der Waals surface area contributed by atoms with Crippen molar-refractivity contribution >= 4 is 22.4 Å². The van der Waals surface area contributed by atoms with Gasteiger partial charge >= 0.3 is 0 Å². The molecule has 3 rings (SSSR count). The van der Waals surface area contributed by atoms with Crippen molar-refractivity contribution in [2.75, 3.05) is 0 Å². The molecule has 0 aliphatic heterocycles. The molecule has 0 fully saturated rings. The van der Waals surface area contributed by atoms with Gasteiger partial charge in [0.05, 0.1) is 0 Å². The van der Waals surface area contributed by atoms with Crippen molar-refractivity contribution in [2.45, 2.75) is 19.4 Å². The Labute approximate surface area is 130 Å². The number of fused-ring (bicyclic) bond motifs is 1. The lowest BCUT2D eigenvalue weighted by Gasteiger charge is -2.18. The highest BCUT2D eigenvalue weighted by Gasteiger charge is 2.13. The van der Waals surface area contributed by atoms with Crippen molar-refractivity contribution in [1.29, 1.82) is 0 Å². The van der Waals surface area contributed by atoms with Gasteiger partial charge in [0.1, 0.15) is 0 Å². The topological polar surface area (TPSA) is 26.0 Å². The molecule has 0 aliphatic rings. The van der Waals surface area contributed by atoms with E-state index in [9.17, 15) is 0 Å². The Balaban J connectivity index is 2.01. The summed E-state index contributed by atoms with van der Waals surface area (Å²) >= 11 is 6.06. The average molecular weight is 296 g/mol. The normalized spacial score (nSPS) is 12.5. The largest absolute Gasteiger partial charge is 0.324 e. The molecule has 3 aromatic rings. The summed E-state index contributed by atoms with van der Waals surface area (Å²) in [7, 11) is 0. The van der Waals surface area contributed by atoms with Crippen LogP contribution in [-0.4, -0.2) is 0 Å². The summed E-state index contributed by atoms with van der Waals surface area (Å²) in [6.07, 6.45) is 0.787. The molecular formula is C19H18ClN. The molecule has 0 heterocycles. The molecule has 1 unspecified atom stereocenters. The smallest absolute Gasteiger partial charge is 0.0408 e. The lowest BCUT2D eigenvalue weighted by atomic mass is 9.91. The molecule has 1 atom stereocenters. The van der Waals surface area contributed by atoms with E-state index in [4.69, 9.17) is 17.3 Å². The molecule has 0 spiro atoms. The summed E-state index contributed by atoms with van der Waals surface area (Å²) in [6, 6.07) is 20.6. The van der Waals surface area contributed by atoms with Crippen LogP contribution >= 0.6 is 11.6 Å². The molecule has 2 heteroatoms. The molecule has 1 nitrogen and oxygen atoms in total. The van der Waals surface area contributed by atoms with Crippen molar-refractivity contribution < 1.29 is 0 Å². The van der Waals surface area contributed by atoms with Gasteiger partial charge in [-0.05, 0) is 52.9 Å². The van der Waals surface area contributed by atoms with Crippen molar-refractivity contribution in [2.24, 2.45) is 5.73 Å². The Hall–Kier alpha value is -1.83. The number of hydrogen-bond donors (Lipinski definition) is 1. The molecular weight excluding hydrogens is 278 g/mol. The van der Waals surface area contributed by atoms with Gasteiger partial charge in [0.25, 0.3) is 0 Å². The van der Waals surface area contributed by atoms with Gasteiger partial charge < -0.3 is 5.73 Å². The van der Waals surface area contributed by atoms with Crippen LogP contribution in [-0.2, 0) is 6.42 Å². The number of rotatable bonds is 3. The van der Waals surface area contributed by atoms with Gasteiger partial charge in [0.15, 0.2) is 0 Å². The first-order chi connectivity index (χ1) is 10.1. The summed E-state index contributed by atoms with van der Waals surface area (Å²) in [5.74, 6) is 0. The lowest BCUT2D eigenvalue weighted by Crippen LogP contribution is -2.15. The second kappa shape index (κ2) is 5.88. The molecule has 0 saturated heterocycles. The highest BCUT2D eigenvalue weighted by molar-refractivity contribution is 6.30. The Bertz CT molecular complexity index is 779. The van der Waals surface area contributed by atoms with Crippen LogP contribution < -0.4 is 5.73 Å². The fourth-order valence-corrected chi connectivity index (χ4v) is 3.13. The van der Waals surface area contributed by atoms with Gasteiger partial charge in [0, 0.05) is 11.1 Å². The quantitative estimate of drug-likeness (QED) is 0.719. The van der Waals surface area contributed by atoms with E-state index in [0.717, 1.165) is 11.4 Å². The third-order valence-electron chi connectivity index (χ3n) is 3.90. The Kier molecular flexibility index (Phi) is 3.96. The highest BCUT2D eigenvalue weighted by Crippen LogP contribution is 2.28. The van der Waals surface area contributed by atoms with Gasteiger partial charge in [0.2, 0.25) is 0 Å². The Morgan fingerprint density at radius 3 is 2.62 bits per heavy atom. The van der Waals surface area contributed by atoms with Crippen molar-refractivity contribution in [3.63, 3.8) is 0 Å². The first kappa shape index (κ1) is 14.1. The molecule has 0 bridgehead atoms. The predicted molar refractivity (Wildman–Crippen MR) is 90.8 cm³/mol. The minimum atomic E-state index is -0.0328. The zero-order valence-electron chi connectivity index (χ0n) is 12.0. The van der Waals surface area contributed by atoms with Crippen LogP contribution in [0.4, 0.5) is 0 Å². The number of halogens is 1. The van der Waals surface area contributed by atoms with Crippen LogP contribution in [0.2, 0.25) is 5.02 Å². The van der Waals surface area contributed by atoms with Crippen molar-refractivity contribution in [1.82, 2.24) is 0 Å². The first-order valence-corrected chi connectivity index (χ1v) is 7.51. The maximum Gasteiger partial charge on any atom is 0.0408 e. The van der Waals surface area contributed by atoms with Gasteiger partial charge in [-0.2, -0.15) is 0 Å². The van der Waals surface area contributed by atoms with E-state index < -0.39 is 0 Å². The van der Waals surface area contributed by atoms with Crippen LogP contribution in [0.25, 0.3) is 10.8 Å². The molecule has 0 aromatic heterocycles. The van der Waals surface area contributed by atoms with Crippen LogP contribution in [0.5, 0.6) is 0 Å². The fraction of sp³-hybridized carbons (Fsp3) is 0.158. The van der Waals surface area contributed by atoms with Crippen molar-refractivity contribution in [3.8, 4) is 0 Å². The van der Waals surface area contributed by atoms with E-state index in [1.165, 1.54) is 27.5 Å². The second-order valence-electron chi connectivity index (χ2n) is 5.46. The molecule has 0 amide bonds.